The maximum atomic E-state index is 13.4. The van der Waals surface area contributed by atoms with E-state index in [0.29, 0.717) is 5.75 Å². The van der Waals surface area contributed by atoms with Crippen LogP contribution < -0.4 is 10.1 Å². The third kappa shape index (κ3) is 3.60. The molecule has 0 aromatic heterocycles. The zero-order chi connectivity index (χ0) is 12.8. The first-order valence-corrected chi connectivity index (χ1v) is 5.05. The lowest BCUT2D eigenvalue weighted by molar-refractivity contribution is 0.202. The van der Waals surface area contributed by atoms with Crippen LogP contribution in [0.2, 0.25) is 0 Å². The number of ether oxygens (including phenoxy) is 1. The fourth-order valence-corrected chi connectivity index (χ4v) is 1.19. The molecule has 1 aromatic carbocycles. The number of hydrogen-bond acceptors (Lipinski definition) is 3. The van der Waals surface area contributed by atoms with Gasteiger partial charge in [0, 0.05) is 19.7 Å². The molecule has 0 aliphatic rings. The van der Waals surface area contributed by atoms with Gasteiger partial charge in [-0.3, -0.25) is 0 Å². The second-order valence-electron chi connectivity index (χ2n) is 3.42. The molecule has 0 radical (unpaired) electrons. The summed E-state index contributed by atoms with van der Waals surface area (Å²) in [5.74, 6) is -0.0944. The summed E-state index contributed by atoms with van der Waals surface area (Å²) in [6.07, 6.45) is 0. The van der Waals surface area contributed by atoms with Gasteiger partial charge < -0.3 is 20.1 Å². The number of rotatable bonds is 4. The summed E-state index contributed by atoms with van der Waals surface area (Å²) in [6, 6.07) is 3.56. The molecule has 2 N–H and O–H groups in total. The largest absolute Gasteiger partial charge is 0.497 e. The van der Waals surface area contributed by atoms with Crippen molar-refractivity contribution < 1.29 is 19.0 Å². The molecule has 0 heterocycles. The minimum Gasteiger partial charge on any atom is -0.497 e. The van der Waals surface area contributed by atoms with Gasteiger partial charge in [0.25, 0.3) is 0 Å². The molecule has 0 saturated heterocycles. The summed E-state index contributed by atoms with van der Waals surface area (Å²) in [4.78, 5) is 12.8. The standard InChI is InChI=1S/C11H15FN2O3/c1-14(5-6-15)11(16)13-10-7-8(17-2)3-4-9(10)12/h3-4,7,15H,5-6H2,1-2H3,(H,13,16). The minimum absolute atomic E-state index is 0.0409. The number of likely N-dealkylation sites (N-methyl/N-ethyl adjacent to an activating group) is 1. The first-order valence-electron chi connectivity index (χ1n) is 5.05. The number of benzene rings is 1. The summed E-state index contributed by atoms with van der Waals surface area (Å²) in [5, 5.41) is 11.1. The maximum absolute atomic E-state index is 13.4. The fraction of sp³-hybridized carbons (Fsp3) is 0.364. The molecule has 5 nitrogen and oxygen atoms in total. The van der Waals surface area contributed by atoms with E-state index < -0.39 is 11.8 Å². The Kier molecular flexibility index (Phi) is 4.71. The maximum Gasteiger partial charge on any atom is 0.321 e. The molecule has 0 aliphatic heterocycles. The Balaban J connectivity index is 2.76. The van der Waals surface area contributed by atoms with Gasteiger partial charge >= 0.3 is 6.03 Å². The number of hydrogen-bond donors (Lipinski definition) is 2. The summed E-state index contributed by atoms with van der Waals surface area (Å²) >= 11 is 0. The molecule has 94 valence electrons. The van der Waals surface area contributed by atoms with Crippen molar-refractivity contribution in [3.8, 4) is 5.75 Å². The van der Waals surface area contributed by atoms with E-state index in [1.807, 2.05) is 0 Å². The molecule has 0 unspecified atom stereocenters. The zero-order valence-electron chi connectivity index (χ0n) is 9.74. The van der Waals surface area contributed by atoms with E-state index in [-0.39, 0.29) is 18.8 Å². The molecule has 0 fully saturated rings. The highest BCUT2D eigenvalue weighted by atomic mass is 19.1. The molecule has 0 saturated carbocycles. The highest BCUT2D eigenvalue weighted by Gasteiger charge is 2.11. The van der Waals surface area contributed by atoms with Crippen LogP contribution in [-0.2, 0) is 0 Å². The van der Waals surface area contributed by atoms with Gasteiger partial charge in [-0.2, -0.15) is 0 Å². The molecular weight excluding hydrogens is 227 g/mol. The Labute approximate surface area is 98.8 Å². The van der Waals surface area contributed by atoms with E-state index in [9.17, 15) is 9.18 Å². The van der Waals surface area contributed by atoms with Crippen molar-refractivity contribution in [2.75, 3.05) is 32.6 Å². The number of carbonyl (C=O) groups excluding carboxylic acids is 1. The topological polar surface area (TPSA) is 61.8 Å². The molecule has 0 spiro atoms. The molecular formula is C11H15FN2O3. The first-order chi connectivity index (χ1) is 8.08. The van der Waals surface area contributed by atoms with Gasteiger partial charge in [0.2, 0.25) is 0 Å². The van der Waals surface area contributed by atoms with Crippen molar-refractivity contribution in [1.82, 2.24) is 4.90 Å². The molecule has 6 heteroatoms. The van der Waals surface area contributed by atoms with Gasteiger partial charge in [-0.15, -0.1) is 0 Å². The quantitative estimate of drug-likeness (QED) is 0.836. The van der Waals surface area contributed by atoms with Crippen molar-refractivity contribution in [2.24, 2.45) is 0 Å². The number of methoxy groups -OCH3 is 1. The average molecular weight is 242 g/mol. The number of aliphatic hydroxyl groups is 1. The van der Waals surface area contributed by atoms with E-state index in [1.54, 1.807) is 0 Å². The molecule has 17 heavy (non-hydrogen) atoms. The van der Waals surface area contributed by atoms with E-state index in [1.165, 1.54) is 37.3 Å². The Hall–Kier alpha value is -1.82. The van der Waals surface area contributed by atoms with Gasteiger partial charge in [0.05, 0.1) is 19.4 Å². The van der Waals surface area contributed by atoms with Gasteiger partial charge in [-0.1, -0.05) is 0 Å². The predicted octanol–water partition coefficient (Wildman–Crippen LogP) is 1.29. The van der Waals surface area contributed by atoms with Crippen LogP contribution in [0.1, 0.15) is 0 Å². The third-order valence-electron chi connectivity index (χ3n) is 2.20. The monoisotopic (exact) mass is 242 g/mol. The van der Waals surface area contributed by atoms with Gasteiger partial charge in [0.15, 0.2) is 0 Å². The number of carbonyl (C=O) groups is 1. The summed E-state index contributed by atoms with van der Waals surface area (Å²) in [5.41, 5.74) is 0.0409. The third-order valence-corrected chi connectivity index (χ3v) is 2.20. The highest BCUT2D eigenvalue weighted by molar-refractivity contribution is 5.89. The van der Waals surface area contributed by atoms with Gasteiger partial charge in [-0.25, -0.2) is 9.18 Å². The first kappa shape index (κ1) is 13.2. The average Bonchev–Trinajstić information content (AvgIpc) is 2.32. The Morgan fingerprint density at radius 1 is 1.59 bits per heavy atom. The summed E-state index contributed by atoms with van der Waals surface area (Å²) in [6.45, 7) is 0.0297. The number of amides is 2. The van der Waals surface area contributed by atoms with E-state index >= 15 is 0 Å². The smallest absolute Gasteiger partial charge is 0.321 e. The normalized spacial score (nSPS) is 9.88. The Morgan fingerprint density at radius 3 is 2.88 bits per heavy atom. The van der Waals surface area contributed by atoms with Gasteiger partial charge in [0.1, 0.15) is 11.6 Å². The minimum atomic E-state index is -0.545. The number of aliphatic hydroxyl groups excluding tert-OH is 1. The van der Waals surface area contributed by atoms with E-state index in [0.717, 1.165) is 0 Å². The second-order valence-corrected chi connectivity index (χ2v) is 3.42. The summed E-state index contributed by atoms with van der Waals surface area (Å²) in [7, 11) is 2.96. The van der Waals surface area contributed by atoms with E-state index in [4.69, 9.17) is 9.84 Å². The van der Waals surface area contributed by atoms with Crippen molar-refractivity contribution in [3.05, 3.63) is 24.0 Å². The van der Waals surface area contributed by atoms with Crippen molar-refractivity contribution in [1.29, 1.82) is 0 Å². The predicted molar refractivity (Wildman–Crippen MR) is 61.7 cm³/mol. The Bertz CT molecular complexity index is 398. The lowest BCUT2D eigenvalue weighted by Gasteiger charge is -2.17. The van der Waals surface area contributed by atoms with Crippen LogP contribution in [-0.4, -0.2) is 43.3 Å². The van der Waals surface area contributed by atoms with Crippen LogP contribution in [0.25, 0.3) is 0 Å². The van der Waals surface area contributed by atoms with Gasteiger partial charge in [-0.05, 0) is 12.1 Å². The molecule has 0 atom stereocenters. The SMILES string of the molecule is COc1ccc(F)c(NC(=O)N(C)CCO)c1. The number of nitrogens with zero attached hydrogens (tertiary/aromatic N) is 1. The van der Waals surface area contributed by atoms with Crippen LogP contribution in [0.5, 0.6) is 5.75 Å². The fourth-order valence-electron chi connectivity index (χ4n) is 1.19. The zero-order valence-corrected chi connectivity index (χ0v) is 9.74. The molecule has 2 amide bonds. The number of anilines is 1. The van der Waals surface area contributed by atoms with Crippen molar-refractivity contribution in [3.63, 3.8) is 0 Å². The highest BCUT2D eigenvalue weighted by Crippen LogP contribution is 2.21. The molecule has 1 rings (SSSR count). The lowest BCUT2D eigenvalue weighted by atomic mass is 10.3. The van der Waals surface area contributed by atoms with Crippen LogP contribution in [0, 0.1) is 5.82 Å². The van der Waals surface area contributed by atoms with Crippen LogP contribution in [0.15, 0.2) is 18.2 Å². The van der Waals surface area contributed by atoms with Crippen molar-refractivity contribution in [2.45, 2.75) is 0 Å². The Morgan fingerprint density at radius 2 is 2.29 bits per heavy atom. The number of halogens is 1. The number of urea groups is 1. The van der Waals surface area contributed by atoms with Crippen LogP contribution in [0.4, 0.5) is 14.9 Å². The molecule has 0 aliphatic carbocycles. The van der Waals surface area contributed by atoms with Crippen LogP contribution in [0.3, 0.4) is 0 Å². The van der Waals surface area contributed by atoms with Crippen LogP contribution >= 0.6 is 0 Å². The lowest BCUT2D eigenvalue weighted by Crippen LogP contribution is -2.33. The molecule has 0 bridgehead atoms. The second kappa shape index (κ2) is 6.05. The summed E-state index contributed by atoms with van der Waals surface area (Å²) < 4.78 is 18.3. The van der Waals surface area contributed by atoms with Crippen molar-refractivity contribution >= 4 is 11.7 Å². The van der Waals surface area contributed by atoms with E-state index in [2.05, 4.69) is 5.32 Å². The molecule has 1 aromatic rings. The number of nitrogens with one attached hydrogen (secondary N) is 1.